The number of rotatable bonds is 2. The molecule has 1 aliphatic carbocycles. The minimum absolute atomic E-state index is 0.0120. The largest absolute Gasteiger partial charge is 0.481 e. The van der Waals surface area contributed by atoms with Crippen LogP contribution in [0.25, 0.3) is 0 Å². The normalized spacial score (nSPS) is 28.4. The number of hydrogen-bond donors (Lipinski definition) is 1. The van der Waals surface area contributed by atoms with Crippen LogP contribution in [-0.2, 0) is 22.7 Å². The highest BCUT2D eigenvalue weighted by atomic mass is 16.4. The zero-order chi connectivity index (χ0) is 14.3. The van der Waals surface area contributed by atoms with Crippen LogP contribution in [0.5, 0.6) is 0 Å². The second-order valence-electron chi connectivity index (χ2n) is 6.09. The molecule has 1 aliphatic heterocycles. The second kappa shape index (κ2) is 4.93. The van der Waals surface area contributed by atoms with Gasteiger partial charge >= 0.3 is 5.97 Å². The van der Waals surface area contributed by atoms with Crippen molar-refractivity contribution in [1.29, 1.82) is 0 Å². The zero-order valence-corrected chi connectivity index (χ0v) is 11.6. The summed E-state index contributed by atoms with van der Waals surface area (Å²) in [7, 11) is 0. The molecular formula is C16H19NO3. The molecule has 1 heterocycles. The van der Waals surface area contributed by atoms with Crippen LogP contribution in [0.15, 0.2) is 24.3 Å². The molecule has 3 unspecified atom stereocenters. The Morgan fingerprint density at radius 3 is 2.20 bits per heavy atom. The van der Waals surface area contributed by atoms with Crippen LogP contribution in [0.2, 0.25) is 0 Å². The van der Waals surface area contributed by atoms with E-state index in [0.717, 1.165) is 0 Å². The molecule has 1 N–H and O–H groups in total. The van der Waals surface area contributed by atoms with E-state index in [1.807, 2.05) is 36.1 Å². The number of aliphatic carboxylic acids is 1. The second-order valence-corrected chi connectivity index (χ2v) is 6.09. The molecule has 4 nitrogen and oxygen atoms in total. The predicted molar refractivity (Wildman–Crippen MR) is 73.7 cm³/mol. The van der Waals surface area contributed by atoms with Crippen molar-refractivity contribution >= 4 is 11.9 Å². The van der Waals surface area contributed by atoms with E-state index in [4.69, 9.17) is 0 Å². The fourth-order valence-corrected chi connectivity index (χ4v) is 3.56. The molecule has 1 aromatic carbocycles. The van der Waals surface area contributed by atoms with E-state index >= 15 is 0 Å². The lowest BCUT2D eigenvalue weighted by Crippen LogP contribution is -2.36. The summed E-state index contributed by atoms with van der Waals surface area (Å²) in [5.41, 5.74) is 2.36. The standard InChI is InChI=1S/C16H19NO3/c1-10-6-13(14(7-10)16(19)20)15(18)17-8-11-4-2-3-5-12(11)9-17/h2-5,10,13-14H,6-9H2,1H3,(H,19,20). The Kier molecular flexibility index (Phi) is 3.24. The van der Waals surface area contributed by atoms with E-state index in [2.05, 4.69) is 0 Å². The van der Waals surface area contributed by atoms with Gasteiger partial charge in [-0.25, -0.2) is 0 Å². The van der Waals surface area contributed by atoms with Gasteiger partial charge in [0.25, 0.3) is 0 Å². The van der Waals surface area contributed by atoms with Gasteiger partial charge in [-0.3, -0.25) is 9.59 Å². The van der Waals surface area contributed by atoms with Gasteiger partial charge in [-0.05, 0) is 29.9 Å². The summed E-state index contributed by atoms with van der Waals surface area (Å²) in [6.45, 7) is 3.26. The van der Waals surface area contributed by atoms with E-state index < -0.39 is 11.9 Å². The lowest BCUT2D eigenvalue weighted by Gasteiger charge is -2.22. The Bertz CT molecular complexity index is 529. The van der Waals surface area contributed by atoms with E-state index in [9.17, 15) is 14.7 Å². The molecule has 2 aliphatic rings. The van der Waals surface area contributed by atoms with Gasteiger partial charge in [0, 0.05) is 13.1 Å². The monoisotopic (exact) mass is 273 g/mol. The van der Waals surface area contributed by atoms with Crippen LogP contribution in [0, 0.1) is 17.8 Å². The van der Waals surface area contributed by atoms with E-state index in [1.165, 1.54) is 11.1 Å². The van der Waals surface area contributed by atoms with Crippen molar-refractivity contribution in [2.45, 2.75) is 32.9 Å². The van der Waals surface area contributed by atoms with Gasteiger partial charge < -0.3 is 10.0 Å². The number of carboxylic acid groups (broad SMARTS) is 1. The third kappa shape index (κ3) is 2.19. The van der Waals surface area contributed by atoms with Crippen LogP contribution in [-0.4, -0.2) is 21.9 Å². The predicted octanol–water partition coefficient (Wildman–Crippen LogP) is 2.28. The summed E-state index contributed by atoms with van der Waals surface area (Å²) in [6, 6.07) is 8.03. The number of carbonyl (C=O) groups is 2. The average molecular weight is 273 g/mol. The molecule has 3 rings (SSSR count). The SMILES string of the molecule is CC1CC(C(=O)O)C(C(=O)N2Cc3ccccc3C2)C1. The molecule has 20 heavy (non-hydrogen) atoms. The summed E-state index contributed by atoms with van der Waals surface area (Å²) in [4.78, 5) is 25.8. The summed E-state index contributed by atoms with van der Waals surface area (Å²) in [5, 5.41) is 9.30. The molecule has 106 valence electrons. The Morgan fingerprint density at radius 1 is 1.10 bits per heavy atom. The Hall–Kier alpha value is -1.84. The number of benzene rings is 1. The molecule has 0 radical (unpaired) electrons. The van der Waals surface area contributed by atoms with Gasteiger partial charge in [0.15, 0.2) is 0 Å². The highest BCUT2D eigenvalue weighted by molar-refractivity contribution is 5.85. The number of nitrogens with zero attached hydrogens (tertiary/aromatic N) is 1. The maximum atomic E-state index is 12.6. The van der Waals surface area contributed by atoms with Crippen LogP contribution >= 0.6 is 0 Å². The van der Waals surface area contributed by atoms with Crippen LogP contribution in [0.3, 0.4) is 0 Å². The van der Waals surface area contributed by atoms with Gasteiger partial charge in [-0.1, -0.05) is 31.2 Å². The topological polar surface area (TPSA) is 57.6 Å². The van der Waals surface area contributed by atoms with Crippen molar-refractivity contribution in [1.82, 2.24) is 4.90 Å². The molecule has 3 atom stereocenters. The summed E-state index contributed by atoms with van der Waals surface area (Å²) >= 11 is 0. The lowest BCUT2D eigenvalue weighted by atomic mass is 9.95. The molecule has 0 aromatic heterocycles. The highest BCUT2D eigenvalue weighted by Gasteiger charge is 2.43. The Balaban J connectivity index is 1.76. The average Bonchev–Trinajstić information content (AvgIpc) is 3.01. The smallest absolute Gasteiger partial charge is 0.307 e. The number of fused-ring (bicyclic) bond motifs is 1. The van der Waals surface area contributed by atoms with Gasteiger partial charge in [0.2, 0.25) is 5.91 Å². The van der Waals surface area contributed by atoms with Crippen molar-refractivity contribution in [2.75, 3.05) is 0 Å². The van der Waals surface area contributed by atoms with Crippen LogP contribution in [0.1, 0.15) is 30.9 Å². The minimum Gasteiger partial charge on any atom is -0.481 e. The summed E-state index contributed by atoms with van der Waals surface area (Å²) in [5.74, 6) is -1.37. The van der Waals surface area contributed by atoms with E-state index in [1.54, 1.807) is 0 Å². The fourth-order valence-electron chi connectivity index (χ4n) is 3.56. The third-order valence-corrected chi connectivity index (χ3v) is 4.59. The quantitative estimate of drug-likeness (QED) is 0.899. The zero-order valence-electron chi connectivity index (χ0n) is 11.6. The molecule has 0 bridgehead atoms. The molecule has 0 saturated heterocycles. The maximum Gasteiger partial charge on any atom is 0.307 e. The van der Waals surface area contributed by atoms with E-state index in [0.29, 0.717) is 31.8 Å². The van der Waals surface area contributed by atoms with Crippen molar-refractivity contribution in [2.24, 2.45) is 17.8 Å². The first-order valence-electron chi connectivity index (χ1n) is 7.14. The fraction of sp³-hybridized carbons (Fsp3) is 0.500. The van der Waals surface area contributed by atoms with Crippen molar-refractivity contribution < 1.29 is 14.7 Å². The molecule has 1 saturated carbocycles. The first-order chi connectivity index (χ1) is 9.56. The number of carboxylic acids is 1. The minimum atomic E-state index is -0.829. The number of carbonyl (C=O) groups excluding carboxylic acids is 1. The van der Waals surface area contributed by atoms with Gasteiger partial charge in [0.1, 0.15) is 0 Å². The Morgan fingerprint density at radius 2 is 1.65 bits per heavy atom. The molecule has 4 heteroatoms. The van der Waals surface area contributed by atoms with E-state index in [-0.39, 0.29) is 11.8 Å². The summed E-state index contributed by atoms with van der Waals surface area (Å²) < 4.78 is 0. The van der Waals surface area contributed by atoms with Crippen LogP contribution < -0.4 is 0 Å². The Labute approximate surface area is 118 Å². The molecule has 1 aromatic rings. The first kappa shape index (κ1) is 13.2. The highest BCUT2D eigenvalue weighted by Crippen LogP contribution is 2.38. The molecule has 1 fully saturated rings. The van der Waals surface area contributed by atoms with Gasteiger partial charge in [-0.2, -0.15) is 0 Å². The summed E-state index contributed by atoms with van der Waals surface area (Å²) in [6.07, 6.45) is 1.31. The van der Waals surface area contributed by atoms with Gasteiger partial charge in [-0.15, -0.1) is 0 Å². The van der Waals surface area contributed by atoms with Crippen molar-refractivity contribution in [3.63, 3.8) is 0 Å². The number of hydrogen-bond acceptors (Lipinski definition) is 2. The molecule has 1 amide bonds. The third-order valence-electron chi connectivity index (χ3n) is 4.59. The first-order valence-corrected chi connectivity index (χ1v) is 7.14. The number of amides is 1. The van der Waals surface area contributed by atoms with Crippen molar-refractivity contribution in [3.05, 3.63) is 35.4 Å². The molecular weight excluding hydrogens is 254 g/mol. The van der Waals surface area contributed by atoms with Crippen molar-refractivity contribution in [3.8, 4) is 0 Å². The van der Waals surface area contributed by atoms with Crippen LogP contribution in [0.4, 0.5) is 0 Å². The molecule has 0 spiro atoms. The lowest BCUT2D eigenvalue weighted by molar-refractivity contribution is -0.149. The van der Waals surface area contributed by atoms with Gasteiger partial charge in [0.05, 0.1) is 11.8 Å². The maximum absolute atomic E-state index is 12.6.